The molecule has 10 heteroatoms. The molecule has 2 heterocycles. The molecule has 2 aliphatic rings. The van der Waals surface area contributed by atoms with Crippen LogP contribution in [0.2, 0.25) is 0 Å². The summed E-state index contributed by atoms with van der Waals surface area (Å²) in [4.78, 5) is 49.3. The quantitative estimate of drug-likeness (QED) is 0.203. The predicted molar refractivity (Wildman–Crippen MR) is 115 cm³/mol. The van der Waals surface area contributed by atoms with Crippen molar-refractivity contribution in [3.63, 3.8) is 0 Å². The van der Waals surface area contributed by atoms with Crippen molar-refractivity contribution in [2.24, 2.45) is 11.8 Å². The van der Waals surface area contributed by atoms with Gasteiger partial charge in [-0.1, -0.05) is 13.8 Å². The lowest BCUT2D eigenvalue weighted by Gasteiger charge is -2.45. The SMILES string of the molecule is CC(=O)NCCSC1=C(C(=O)OCc2ccc([N+](=O)[O-])cc2)N2C(=O)C(C(C)C)C2C1. The lowest BCUT2D eigenvalue weighted by molar-refractivity contribution is -0.384. The monoisotopic (exact) mass is 447 g/mol. The predicted octanol–water partition coefficient (Wildman–Crippen LogP) is 2.61. The van der Waals surface area contributed by atoms with Crippen molar-refractivity contribution in [1.82, 2.24) is 10.2 Å². The maximum Gasteiger partial charge on any atom is 0.356 e. The molecule has 0 radical (unpaired) electrons. The lowest BCUT2D eigenvalue weighted by atomic mass is 9.79. The Labute approximate surface area is 184 Å². The van der Waals surface area contributed by atoms with Crippen molar-refractivity contribution in [2.75, 3.05) is 12.3 Å². The van der Waals surface area contributed by atoms with Crippen LogP contribution in [0.15, 0.2) is 34.9 Å². The van der Waals surface area contributed by atoms with Crippen molar-refractivity contribution in [3.05, 3.63) is 50.5 Å². The Morgan fingerprint density at radius 2 is 2.00 bits per heavy atom. The summed E-state index contributed by atoms with van der Waals surface area (Å²) in [6, 6.07) is 5.72. The topological polar surface area (TPSA) is 119 Å². The number of ether oxygens (including phenoxy) is 1. The van der Waals surface area contributed by atoms with Crippen LogP contribution in [0.1, 0.15) is 32.8 Å². The second-order valence-corrected chi connectivity index (χ2v) is 9.04. The van der Waals surface area contributed by atoms with Crippen LogP contribution in [-0.2, 0) is 25.7 Å². The Balaban J connectivity index is 1.70. The van der Waals surface area contributed by atoms with Gasteiger partial charge in [0.25, 0.3) is 5.69 Å². The van der Waals surface area contributed by atoms with Gasteiger partial charge >= 0.3 is 5.97 Å². The molecule has 2 aliphatic heterocycles. The minimum Gasteiger partial charge on any atom is -0.456 e. The van der Waals surface area contributed by atoms with E-state index in [4.69, 9.17) is 4.74 Å². The van der Waals surface area contributed by atoms with Gasteiger partial charge in [-0.25, -0.2) is 4.79 Å². The number of hydrogen-bond donors (Lipinski definition) is 1. The Morgan fingerprint density at radius 3 is 2.58 bits per heavy atom. The summed E-state index contributed by atoms with van der Waals surface area (Å²) in [5.41, 5.74) is 0.853. The first-order chi connectivity index (χ1) is 14.7. The number of fused-ring (bicyclic) bond motifs is 1. The summed E-state index contributed by atoms with van der Waals surface area (Å²) in [7, 11) is 0. The number of β-lactam (4-membered cyclic amide) rings is 1. The fourth-order valence-corrected chi connectivity index (χ4v) is 4.94. The molecule has 0 aliphatic carbocycles. The molecule has 1 saturated heterocycles. The van der Waals surface area contributed by atoms with Crippen molar-refractivity contribution < 1.29 is 24.0 Å². The van der Waals surface area contributed by atoms with Gasteiger partial charge in [0.05, 0.1) is 16.9 Å². The number of nitro groups is 1. The Hall–Kier alpha value is -2.88. The van der Waals surface area contributed by atoms with E-state index in [-0.39, 0.29) is 47.7 Å². The Bertz CT molecular complexity index is 928. The molecule has 0 spiro atoms. The number of esters is 1. The average molecular weight is 448 g/mol. The third-order valence-corrected chi connectivity index (χ3v) is 6.47. The molecule has 9 nitrogen and oxygen atoms in total. The van der Waals surface area contributed by atoms with Crippen LogP contribution in [0.4, 0.5) is 5.69 Å². The molecule has 1 fully saturated rings. The van der Waals surface area contributed by atoms with Gasteiger partial charge < -0.3 is 15.0 Å². The maximum absolute atomic E-state index is 12.9. The van der Waals surface area contributed by atoms with Crippen molar-refractivity contribution in [3.8, 4) is 0 Å². The van der Waals surface area contributed by atoms with E-state index in [0.717, 1.165) is 4.91 Å². The highest BCUT2D eigenvalue weighted by molar-refractivity contribution is 8.03. The standard InChI is InChI=1S/C21H25N3O6S/c1-12(2)18-16-10-17(31-9-8-22-13(3)25)19(23(16)20(18)26)21(27)30-11-14-4-6-15(7-5-14)24(28)29/h4-7,12,16,18H,8-11H2,1-3H3,(H,22,25). The Morgan fingerprint density at radius 1 is 1.32 bits per heavy atom. The first-order valence-electron chi connectivity index (χ1n) is 10.0. The zero-order valence-electron chi connectivity index (χ0n) is 17.6. The van der Waals surface area contributed by atoms with Gasteiger partial charge in [0.15, 0.2) is 0 Å². The van der Waals surface area contributed by atoms with E-state index in [1.165, 1.54) is 43.0 Å². The molecule has 3 rings (SSSR count). The van der Waals surface area contributed by atoms with Crippen molar-refractivity contribution in [1.29, 1.82) is 0 Å². The maximum atomic E-state index is 12.9. The number of nitro benzene ring substituents is 1. The number of carbonyl (C=O) groups excluding carboxylic acids is 3. The number of nitrogens with one attached hydrogen (secondary N) is 1. The van der Waals surface area contributed by atoms with Gasteiger partial charge in [0, 0.05) is 42.7 Å². The van der Waals surface area contributed by atoms with Crippen LogP contribution in [0.25, 0.3) is 0 Å². The minimum absolute atomic E-state index is 0.0415. The zero-order chi connectivity index (χ0) is 22.7. The number of carbonyl (C=O) groups is 3. The summed E-state index contributed by atoms with van der Waals surface area (Å²) in [6.45, 7) is 5.84. The van der Waals surface area contributed by atoms with Crippen molar-refractivity contribution >= 4 is 35.2 Å². The average Bonchev–Trinajstić information content (AvgIpc) is 3.03. The fourth-order valence-electron chi connectivity index (χ4n) is 3.88. The molecule has 1 N–H and O–H groups in total. The van der Waals surface area contributed by atoms with E-state index in [0.29, 0.717) is 24.3 Å². The first-order valence-corrected chi connectivity index (χ1v) is 11.0. The molecular formula is C21H25N3O6S. The van der Waals surface area contributed by atoms with E-state index in [1.807, 2.05) is 13.8 Å². The van der Waals surface area contributed by atoms with E-state index in [1.54, 1.807) is 4.90 Å². The molecule has 1 aromatic carbocycles. The van der Waals surface area contributed by atoms with Gasteiger partial charge in [-0.05, 0) is 23.6 Å². The first kappa shape index (κ1) is 22.8. The molecule has 31 heavy (non-hydrogen) atoms. The molecule has 0 saturated carbocycles. The van der Waals surface area contributed by atoms with Gasteiger partial charge in [0.1, 0.15) is 12.3 Å². The fraction of sp³-hybridized carbons (Fsp3) is 0.476. The van der Waals surface area contributed by atoms with Gasteiger partial charge in [-0.2, -0.15) is 0 Å². The molecule has 2 unspecified atom stereocenters. The summed E-state index contributed by atoms with van der Waals surface area (Å²) in [5.74, 6) is -0.142. The van der Waals surface area contributed by atoms with Gasteiger partial charge in [0.2, 0.25) is 11.8 Å². The second-order valence-electron chi connectivity index (χ2n) is 7.85. The Kier molecular flexibility index (Phi) is 6.99. The second kappa shape index (κ2) is 9.51. The largest absolute Gasteiger partial charge is 0.456 e. The number of benzene rings is 1. The third kappa shape index (κ3) is 4.90. The molecule has 2 amide bonds. The highest BCUT2D eigenvalue weighted by Gasteiger charge is 2.56. The van der Waals surface area contributed by atoms with Gasteiger partial charge in [-0.3, -0.25) is 19.7 Å². The number of hydrogen-bond acceptors (Lipinski definition) is 7. The zero-order valence-corrected chi connectivity index (χ0v) is 18.4. The van der Waals surface area contributed by atoms with E-state index >= 15 is 0 Å². The number of non-ortho nitro benzene ring substituents is 1. The molecule has 0 bridgehead atoms. The number of amides is 2. The molecule has 1 aromatic rings. The van der Waals surface area contributed by atoms with Crippen LogP contribution in [0.3, 0.4) is 0 Å². The van der Waals surface area contributed by atoms with Crippen LogP contribution < -0.4 is 5.32 Å². The summed E-state index contributed by atoms with van der Waals surface area (Å²) >= 11 is 1.45. The highest BCUT2D eigenvalue weighted by atomic mass is 32.2. The number of nitrogens with zero attached hydrogens (tertiary/aromatic N) is 2. The van der Waals surface area contributed by atoms with Crippen LogP contribution in [0.5, 0.6) is 0 Å². The summed E-state index contributed by atoms with van der Waals surface area (Å²) in [5, 5.41) is 13.5. The normalized spacial score (nSPS) is 19.9. The summed E-state index contributed by atoms with van der Waals surface area (Å²) < 4.78 is 5.44. The van der Waals surface area contributed by atoms with Crippen molar-refractivity contribution in [2.45, 2.75) is 39.8 Å². The minimum atomic E-state index is -0.585. The number of rotatable bonds is 9. The summed E-state index contributed by atoms with van der Waals surface area (Å²) in [6.07, 6.45) is 0.599. The molecular weight excluding hydrogens is 422 g/mol. The smallest absolute Gasteiger partial charge is 0.356 e. The van der Waals surface area contributed by atoms with Crippen LogP contribution >= 0.6 is 11.8 Å². The van der Waals surface area contributed by atoms with Gasteiger partial charge in [-0.15, -0.1) is 11.8 Å². The lowest BCUT2D eigenvalue weighted by Crippen LogP contribution is -2.60. The van der Waals surface area contributed by atoms with Crippen LogP contribution in [-0.4, -0.2) is 45.9 Å². The molecule has 166 valence electrons. The third-order valence-electron chi connectivity index (χ3n) is 5.35. The van der Waals surface area contributed by atoms with Crippen LogP contribution in [0, 0.1) is 22.0 Å². The highest BCUT2D eigenvalue weighted by Crippen LogP contribution is 2.48. The van der Waals surface area contributed by atoms with E-state index in [2.05, 4.69) is 5.32 Å². The van der Waals surface area contributed by atoms with E-state index in [9.17, 15) is 24.5 Å². The molecule has 0 aromatic heterocycles. The van der Waals surface area contributed by atoms with E-state index < -0.39 is 10.9 Å². The number of thioether (sulfide) groups is 1. The molecule has 2 atom stereocenters.